The molecule has 2 aromatic carbocycles. The Bertz CT molecular complexity index is 593. The maximum Gasteiger partial charge on any atom is 0.238 e. The maximum atomic E-state index is 11.9. The molecule has 0 heterocycles. The number of anilines is 1. The van der Waals surface area contributed by atoms with Crippen LogP contribution in [0.2, 0.25) is 0 Å². The summed E-state index contributed by atoms with van der Waals surface area (Å²) in [6.07, 6.45) is 0.928. The first-order chi connectivity index (χ1) is 10.1. The van der Waals surface area contributed by atoms with E-state index in [-0.39, 0.29) is 5.91 Å². The Morgan fingerprint density at radius 1 is 1.05 bits per heavy atom. The summed E-state index contributed by atoms with van der Waals surface area (Å²) >= 11 is 0. The molecule has 1 amide bonds. The van der Waals surface area contributed by atoms with Gasteiger partial charge < -0.3 is 10.6 Å². The smallest absolute Gasteiger partial charge is 0.238 e. The molecular formula is C18H22N2O. The first-order valence-corrected chi connectivity index (χ1v) is 7.27. The standard InChI is InChI=1S/C18H22N2O/c1-14-8-9-15(2)17(12-14)20-18(21)13-19-11-10-16-6-4-3-5-7-16/h3-9,12,19H,10-11,13H2,1-2H3,(H,20,21). The van der Waals surface area contributed by atoms with Crippen molar-refractivity contribution in [2.24, 2.45) is 0 Å². The number of carbonyl (C=O) groups is 1. The van der Waals surface area contributed by atoms with Crippen molar-refractivity contribution < 1.29 is 4.79 Å². The molecule has 0 fully saturated rings. The molecule has 3 heteroatoms. The Balaban J connectivity index is 1.74. The monoisotopic (exact) mass is 282 g/mol. The van der Waals surface area contributed by atoms with Crippen LogP contribution in [0.25, 0.3) is 0 Å². The van der Waals surface area contributed by atoms with Crippen molar-refractivity contribution in [3.63, 3.8) is 0 Å². The first-order valence-electron chi connectivity index (χ1n) is 7.27. The number of carbonyl (C=O) groups excluding carboxylic acids is 1. The lowest BCUT2D eigenvalue weighted by Gasteiger charge is -2.10. The van der Waals surface area contributed by atoms with E-state index in [1.807, 2.05) is 50.2 Å². The number of rotatable bonds is 6. The fourth-order valence-electron chi connectivity index (χ4n) is 2.14. The van der Waals surface area contributed by atoms with E-state index < -0.39 is 0 Å². The lowest BCUT2D eigenvalue weighted by molar-refractivity contribution is -0.115. The van der Waals surface area contributed by atoms with Crippen LogP contribution in [-0.4, -0.2) is 19.0 Å². The van der Waals surface area contributed by atoms with Crippen molar-refractivity contribution in [2.75, 3.05) is 18.4 Å². The number of nitrogens with one attached hydrogen (secondary N) is 2. The summed E-state index contributed by atoms with van der Waals surface area (Å²) < 4.78 is 0. The van der Waals surface area contributed by atoms with Gasteiger partial charge in [-0.15, -0.1) is 0 Å². The zero-order valence-electron chi connectivity index (χ0n) is 12.6. The van der Waals surface area contributed by atoms with Gasteiger partial charge >= 0.3 is 0 Å². The molecule has 3 nitrogen and oxygen atoms in total. The van der Waals surface area contributed by atoms with Crippen LogP contribution in [0.4, 0.5) is 5.69 Å². The predicted molar refractivity (Wildman–Crippen MR) is 87.6 cm³/mol. The van der Waals surface area contributed by atoms with Crippen LogP contribution in [0.15, 0.2) is 48.5 Å². The summed E-state index contributed by atoms with van der Waals surface area (Å²) in [5.41, 5.74) is 4.40. The average Bonchev–Trinajstić information content (AvgIpc) is 2.48. The van der Waals surface area contributed by atoms with E-state index >= 15 is 0 Å². The van der Waals surface area contributed by atoms with E-state index in [9.17, 15) is 4.79 Å². The second-order valence-electron chi connectivity index (χ2n) is 5.28. The van der Waals surface area contributed by atoms with Gasteiger partial charge in [-0.2, -0.15) is 0 Å². The molecular weight excluding hydrogens is 260 g/mol. The first kappa shape index (κ1) is 15.3. The van der Waals surface area contributed by atoms with Crippen molar-refractivity contribution in [1.29, 1.82) is 0 Å². The van der Waals surface area contributed by atoms with Gasteiger partial charge in [0.05, 0.1) is 6.54 Å². The molecule has 0 spiro atoms. The lowest BCUT2D eigenvalue weighted by Crippen LogP contribution is -2.29. The van der Waals surface area contributed by atoms with Crippen molar-refractivity contribution in [1.82, 2.24) is 5.32 Å². The van der Waals surface area contributed by atoms with E-state index in [0.717, 1.165) is 29.8 Å². The van der Waals surface area contributed by atoms with E-state index in [0.29, 0.717) is 6.54 Å². The van der Waals surface area contributed by atoms with Crippen LogP contribution in [0.1, 0.15) is 16.7 Å². The molecule has 0 saturated heterocycles. The largest absolute Gasteiger partial charge is 0.325 e. The number of amides is 1. The lowest BCUT2D eigenvalue weighted by atomic mass is 10.1. The SMILES string of the molecule is Cc1ccc(C)c(NC(=O)CNCCc2ccccc2)c1. The Hall–Kier alpha value is -2.13. The van der Waals surface area contributed by atoms with Crippen LogP contribution in [-0.2, 0) is 11.2 Å². The third kappa shape index (κ3) is 5.04. The van der Waals surface area contributed by atoms with Crippen molar-refractivity contribution in [3.8, 4) is 0 Å². The van der Waals surface area contributed by atoms with E-state index in [1.165, 1.54) is 5.56 Å². The topological polar surface area (TPSA) is 41.1 Å². The minimum Gasteiger partial charge on any atom is -0.325 e. The molecule has 2 N–H and O–H groups in total. The molecule has 0 saturated carbocycles. The summed E-state index contributed by atoms with van der Waals surface area (Å²) in [4.78, 5) is 11.9. The molecule has 21 heavy (non-hydrogen) atoms. The molecule has 0 aliphatic heterocycles. The minimum atomic E-state index is -0.00300. The molecule has 110 valence electrons. The fourth-order valence-corrected chi connectivity index (χ4v) is 2.14. The summed E-state index contributed by atoms with van der Waals surface area (Å²) in [6.45, 7) is 5.15. The molecule has 0 unspecified atom stereocenters. The van der Waals surface area contributed by atoms with Crippen LogP contribution in [0.3, 0.4) is 0 Å². The Morgan fingerprint density at radius 2 is 1.81 bits per heavy atom. The van der Waals surface area contributed by atoms with E-state index in [4.69, 9.17) is 0 Å². The molecule has 0 radical (unpaired) electrons. The number of hydrogen-bond acceptors (Lipinski definition) is 2. The van der Waals surface area contributed by atoms with Crippen LogP contribution >= 0.6 is 0 Å². The molecule has 0 aliphatic rings. The maximum absolute atomic E-state index is 11.9. The molecule has 0 atom stereocenters. The van der Waals surface area contributed by atoms with E-state index in [1.54, 1.807) is 0 Å². The molecule has 0 aliphatic carbocycles. The highest BCUT2D eigenvalue weighted by atomic mass is 16.1. The van der Waals surface area contributed by atoms with Gasteiger partial charge in [0.1, 0.15) is 0 Å². The van der Waals surface area contributed by atoms with Gasteiger partial charge in [0.15, 0.2) is 0 Å². The highest BCUT2D eigenvalue weighted by molar-refractivity contribution is 5.93. The van der Waals surface area contributed by atoms with Crippen LogP contribution in [0, 0.1) is 13.8 Å². The van der Waals surface area contributed by atoms with Crippen molar-refractivity contribution in [2.45, 2.75) is 20.3 Å². The zero-order chi connectivity index (χ0) is 15.1. The average molecular weight is 282 g/mol. The molecule has 0 bridgehead atoms. The van der Waals surface area contributed by atoms with Gasteiger partial charge in [-0.1, -0.05) is 42.5 Å². The van der Waals surface area contributed by atoms with Gasteiger partial charge in [0.2, 0.25) is 5.91 Å². The third-order valence-electron chi connectivity index (χ3n) is 3.39. The normalized spacial score (nSPS) is 10.4. The fraction of sp³-hybridized carbons (Fsp3) is 0.278. The van der Waals surface area contributed by atoms with Gasteiger partial charge in [-0.05, 0) is 49.6 Å². The summed E-state index contributed by atoms with van der Waals surface area (Å²) in [6, 6.07) is 16.3. The Kier molecular flexibility index (Phi) is 5.52. The Labute approximate surface area is 126 Å². The highest BCUT2D eigenvalue weighted by Gasteiger charge is 2.04. The summed E-state index contributed by atoms with van der Waals surface area (Å²) in [7, 11) is 0. The third-order valence-corrected chi connectivity index (χ3v) is 3.39. The second-order valence-corrected chi connectivity index (χ2v) is 5.28. The predicted octanol–water partition coefficient (Wildman–Crippen LogP) is 3.07. The Morgan fingerprint density at radius 3 is 2.57 bits per heavy atom. The number of benzene rings is 2. The van der Waals surface area contributed by atoms with Gasteiger partial charge in [0.25, 0.3) is 0 Å². The minimum absolute atomic E-state index is 0.00300. The van der Waals surface area contributed by atoms with E-state index in [2.05, 4.69) is 22.8 Å². The van der Waals surface area contributed by atoms with Gasteiger partial charge in [0, 0.05) is 5.69 Å². The molecule has 2 aromatic rings. The number of aryl methyl sites for hydroxylation is 2. The van der Waals surface area contributed by atoms with Gasteiger partial charge in [-0.3, -0.25) is 4.79 Å². The molecule has 2 rings (SSSR count). The summed E-state index contributed by atoms with van der Waals surface area (Å²) in [5.74, 6) is -0.00300. The van der Waals surface area contributed by atoms with Crippen LogP contribution < -0.4 is 10.6 Å². The number of hydrogen-bond donors (Lipinski definition) is 2. The second kappa shape index (κ2) is 7.60. The highest BCUT2D eigenvalue weighted by Crippen LogP contribution is 2.15. The van der Waals surface area contributed by atoms with Gasteiger partial charge in [-0.25, -0.2) is 0 Å². The quantitative estimate of drug-likeness (QED) is 0.799. The summed E-state index contributed by atoms with van der Waals surface area (Å²) in [5, 5.41) is 6.12. The van der Waals surface area contributed by atoms with Crippen molar-refractivity contribution in [3.05, 3.63) is 65.2 Å². The zero-order valence-corrected chi connectivity index (χ0v) is 12.6. The molecule has 0 aromatic heterocycles. The van der Waals surface area contributed by atoms with Crippen molar-refractivity contribution >= 4 is 11.6 Å². The van der Waals surface area contributed by atoms with Crippen LogP contribution in [0.5, 0.6) is 0 Å².